The van der Waals surface area contributed by atoms with Crippen LogP contribution in [0.25, 0.3) is 11.1 Å². The highest BCUT2D eigenvalue weighted by molar-refractivity contribution is 7.92. The molecule has 0 radical (unpaired) electrons. The van der Waals surface area contributed by atoms with Crippen LogP contribution in [0.1, 0.15) is 41.4 Å². The van der Waals surface area contributed by atoms with Gasteiger partial charge in [0.05, 0.1) is 39.7 Å². The number of sulfone groups is 1. The van der Waals surface area contributed by atoms with Gasteiger partial charge in [0, 0.05) is 12.0 Å². The summed E-state index contributed by atoms with van der Waals surface area (Å²) in [5.41, 5.74) is 8.99. The van der Waals surface area contributed by atoms with Gasteiger partial charge in [-0.3, -0.25) is 0 Å². The van der Waals surface area contributed by atoms with Crippen LogP contribution in [0.2, 0.25) is 0 Å². The van der Waals surface area contributed by atoms with Gasteiger partial charge in [0.25, 0.3) is 0 Å². The average Bonchev–Trinajstić information content (AvgIpc) is 3.74. The Hall–Kier alpha value is -3.61. The Balaban J connectivity index is 1.69. The van der Waals surface area contributed by atoms with Crippen molar-refractivity contribution in [1.29, 1.82) is 0 Å². The molecule has 5 rings (SSSR count). The van der Waals surface area contributed by atoms with Crippen molar-refractivity contribution in [3.63, 3.8) is 0 Å². The Morgan fingerprint density at radius 2 is 1.97 bits per heavy atom. The van der Waals surface area contributed by atoms with Gasteiger partial charge in [-0.1, -0.05) is 35.5 Å². The van der Waals surface area contributed by atoms with E-state index in [1.807, 2.05) is 6.07 Å². The van der Waals surface area contributed by atoms with Crippen molar-refractivity contribution < 1.29 is 27.9 Å². The second-order valence-electron chi connectivity index (χ2n) is 9.44. The predicted molar refractivity (Wildman–Crippen MR) is 138 cm³/mol. The fourth-order valence-electron chi connectivity index (χ4n) is 4.68. The maximum atomic E-state index is 15.0. The first-order chi connectivity index (χ1) is 18.2. The van der Waals surface area contributed by atoms with E-state index in [0.717, 1.165) is 6.07 Å². The third-order valence-electron chi connectivity index (χ3n) is 6.57. The first-order valence-corrected chi connectivity index (χ1v) is 13.7. The summed E-state index contributed by atoms with van der Waals surface area (Å²) in [4.78, 5) is 13.8. The van der Waals surface area contributed by atoms with Crippen molar-refractivity contribution >= 4 is 21.6 Å². The lowest BCUT2D eigenvalue weighted by atomic mass is 9.88. The summed E-state index contributed by atoms with van der Waals surface area (Å²) in [7, 11) is -3.81. The Kier molecular flexibility index (Phi) is 7.03. The number of aliphatic hydroxyl groups is 2. The van der Waals surface area contributed by atoms with Crippen molar-refractivity contribution in [2.24, 2.45) is 5.16 Å². The number of benzene rings is 2. The number of nitrogens with zero attached hydrogens (tertiary/aromatic N) is 3. The standard InChI is InChI=1S/C26H28FN5O5S/c1-14-23-20(31-26(28)29-14)11-21(30-25(23)32-37-13-17(34)12-33)24-19(15-5-3-2-4-6-15)9-16(27)10-22(24)38(35,36)18-7-8-18/h2-6,9-10,17-18,21,33-34H,7-8,11-13H2,1H3,(H,30,32)(H2,28,29,31)/t17-,21+/m0/s1. The third kappa shape index (κ3) is 5.06. The van der Waals surface area contributed by atoms with Crippen LogP contribution in [0.3, 0.4) is 0 Å². The topological polar surface area (TPSA) is 160 Å². The molecule has 1 saturated carbocycles. The normalized spacial score (nSPS) is 19.1. The summed E-state index contributed by atoms with van der Waals surface area (Å²) in [6.45, 7) is 0.950. The van der Waals surface area contributed by atoms with E-state index in [0.29, 0.717) is 46.5 Å². The maximum Gasteiger partial charge on any atom is 0.220 e. The third-order valence-corrected chi connectivity index (χ3v) is 8.87. The number of anilines is 1. The second kappa shape index (κ2) is 10.3. The lowest BCUT2D eigenvalue weighted by molar-refractivity contribution is 0.00795. The first kappa shape index (κ1) is 26.0. The van der Waals surface area contributed by atoms with Gasteiger partial charge in [-0.05, 0) is 43.0 Å². The van der Waals surface area contributed by atoms with Crippen LogP contribution in [0.15, 0.2) is 52.5 Å². The van der Waals surface area contributed by atoms with Crippen LogP contribution in [0.5, 0.6) is 0 Å². The Morgan fingerprint density at radius 3 is 2.66 bits per heavy atom. The van der Waals surface area contributed by atoms with Gasteiger partial charge >= 0.3 is 0 Å². The molecule has 3 aromatic rings. The van der Waals surface area contributed by atoms with E-state index in [1.165, 1.54) is 6.07 Å². The molecule has 200 valence electrons. The van der Waals surface area contributed by atoms with Crippen molar-refractivity contribution in [3.8, 4) is 11.1 Å². The van der Waals surface area contributed by atoms with Crippen molar-refractivity contribution in [2.75, 3.05) is 18.9 Å². The molecule has 1 aliphatic carbocycles. The van der Waals surface area contributed by atoms with Crippen LogP contribution < -0.4 is 11.1 Å². The van der Waals surface area contributed by atoms with Gasteiger partial charge in [-0.2, -0.15) is 0 Å². The number of rotatable bonds is 8. The molecule has 0 bridgehead atoms. The van der Waals surface area contributed by atoms with Gasteiger partial charge < -0.3 is 26.1 Å². The number of nitrogen functional groups attached to an aromatic ring is 1. The minimum Gasteiger partial charge on any atom is -0.394 e. The SMILES string of the molecule is Cc1nc(N)nc2c1/C(=N/OC[C@@H](O)CO)N[C@@H](c1c(-c3ccccc3)cc(F)cc1S(=O)(=O)C1CC1)C2. The zero-order valence-electron chi connectivity index (χ0n) is 20.6. The summed E-state index contributed by atoms with van der Waals surface area (Å²) in [5, 5.41) is 25.6. The van der Waals surface area contributed by atoms with E-state index >= 15 is 0 Å². The molecule has 0 saturated heterocycles. The molecule has 2 heterocycles. The number of aryl methyl sites for hydroxylation is 1. The lowest BCUT2D eigenvalue weighted by Gasteiger charge is -2.31. The molecule has 2 aromatic carbocycles. The zero-order valence-corrected chi connectivity index (χ0v) is 21.4. The van der Waals surface area contributed by atoms with E-state index < -0.39 is 39.7 Å². The van der Waals surface area contributed by atoms with E-state index in [-0.39, 0.29) is 29.7 Å². The highest BCUT2D eigenvalue weighted by atomic mass is 32.2. The Labute approximate surface area is 219 Å². The minimum absolute atomic E-state index is 0.0473. The average molecular weight is 542 g/mol. The fraction of sp³-hybridized carbons (Fsp3) is 0.346. The number of hydrogen-bond acceptors (Lipinski definition) is 9. The molecular formula is C26H28FN5O5S. The van der Waals surface area contributed by atoms with E-state index in [1.54, 1.807) is 31.2 Å². The predicted octanol–water partition coefficient (Wildman–Crippen LogP) is 2.03. The Bertz CT molecular complexity index is 1500. The number of aromatic nitrogens is 2. The number of amidine groups is 1. The lowest BCUT2D eigenvalue weighted by Crippen LogP contribution is -2.39. The summed E-state index contributed by atoms with van der Waals surface area (Å²) < 4.78 is 42.1. The molecule has 1 aliphatic heterocycles. The van der Waals surface area contributed by atoms with Crippen molar-refractivity contribution in [2.45, 2.75) is 48.5 Å². The minimum atomic E-state index is -3.81. The van der Waals surface area contributed by atoms with Crippen molar-refractivity contribution in [1.82, 2.24) is 15.3 Å². The van der Waals surface area contributed by atoms with Gasteiger partial charge in [0.2, 0.25) is 5.95 Å². The monoisotopic (exact) mass is 541 g/mol. The van der Waals surface area contributed by atoms with Crippen LogP contribution in [-0.2, 0) is 21.1 Å². The molecule has 12 heteroatoms. The number of nitrogens with two attached hydrogens (primary N) is 1. The summed E-state index contributed by atoms with van der Waals surface area (Å²) >= 11 is 0. The maximum absolute atomic E-state index is 15.0. The van der Waals surface area contributed by atoms with Crippen molar-refractivity contribution in [3.05, 3.63) is 70.8 Å². The molecule has 5 N–H and O–H groups in total. The number of oxime groups is 1. The molecule has 0 amide bonds. The molecule has 2 atom stereocenters. The van der Waals surface area contributed by atoms with E-state index in [4.69, 9.17) is 15.7 Å². The Morgan fingerprint density at radius 1 is 1.24 bits per heavy atom. The smallest absolute Gasteiger partial charge is 0.220 e. The highest BCUT2D eigenvalue weighted by Gasteiger charge is 2.41. The van der Waals surface area contributed by atoms with Gasteiger partial charge in [-0.15, -0.1) is 0 Å². The molecule has 1 aromatic heterocycles. The van der Waals surface area contributed by atoms with Gasteiger partial charge in [0.1, 0.15) is 18.5 Å². The number of nitrogens with one attached hydrogen (secondary N) is 1. The number of aliphatic hydroxyl groups excluding tert-OH is 2. The summed E-state index contributed by atoms with van der Waals surface area (Å²) in [6.07, 6.45) is 0.131. The van der Waals surface area contributed by atoms with Gasteiger partial charge in [-0.25, -0.2) is 22.8 Å². The first-order valence-electron chi connectivity index (χ1n) is 12.2. The van der Waals surface area contributed by atoms with E-state index in [9.17, 15) is 17.9 Å². The largest absolute Gasteiger partial charge is 0.394 e. The quantitative estimate of drug-likeness (QED) is 0.313. The molecule has 2 aliphatic rings. The van der Waals surface area contributed by atoms with Crippen LogP contribution in [0, 0.1) is 12.7 Å². The summed E-state index contributed by atoms with van der Waals surface area (Å²) in [5.74, 6) is -0.399. The highest BCUT2D eigenvalue weighted by Crippen LogP contribution is 2.42. The summed E-state index contributed by atoms with van der Waals surface area (Å²) in [6, 6.07) is 10.7. The number of halogens is 1. The molecule has 10 nitrogen and oxygen atoms in total. The number of hydrogen-bond donors (Lipinski definition) is 4. The zero-order chi connectivity index (χ0) is 27.0. The van der Waals surface area contributed by atoms with Crippen LogP contribution >= 0.6 is 0 Å². The van der Waals surface area contributed by atoms with E-state index in [2.05, 4.69) is 20.4 Å². The molecular weight excluding hydrogens is 513 g/mol. The fourth-order valence-corrected chi connectivity index (χ4v) is 6.63. The number of fused-ring (bicyclic) bond motifs is 1. The molecule has 0 spiro atoms. The van der Waals surface area contributed by atoms with Crippen LogP contribution in [-0.4, -0.2) is 59.0 Å². The van der Waals surface area contributed by atoms with Crippen LogP contribution in [0.4, 0.5) is 10.3 Å². The molecule has 38 heavy (non-hydrogen) atoms. The molecule has 0 unspecified atom stereocenters. The van der Waals surface area contributed by atoms with Gasteiger partial charge in [0.15, 0.2) is 15.7 Å². The second-order valence-corrected chi connectivity index (χ2v) is 11.6. The molecule has 1 fully saturated rings.